The molecule has 0 spiro atoms. The minimum Gasteiger partial charge on any atom is -0.380 e. The zero-order valence-electron chi connectivity index (χ0n) is 12.4. The minimum absolute atomic E-state index is 0.349. The molecular formula is C17H22N2O. The van der Waals surface area contributed by atoms with Crippen LogP contribution in [0.25, 0.3) is 0 Å². The van der Waals surface area contributed by atoms with Gasteiger partial charge in [-0.2, -0.15) is 0 Å². The van der Waals surface area contributed by atoms with Gasteiger partial charge in [-0.3, -0.25) is 9.88 Å². The van der Waals surface area contributed by atoms with E-state index in [9.17, 15) is 0 Å². The number of rotatable bonds is 6. The van der Waals surface area contributed by atoms with Gasteiger partial charge in [0.25, 0.3) is 0 Å². The maximum Gasteiger partial charge on any atom is 0.0713 e. The van der Waals surface area contributed by atoms with Crippen molar-refractivity contribution in [3.63, 3.8) is 0 Å². The predicted octanol–water partition coefficient (Wildman–Crippen LogP) is 3.42. The Hall–Kier alpha value is -1.71. The molecule has 3 nitrogen and oxygen atoms in total. The highest BCUT2D eigenvalue weighted by Gasteiger charge is 2.11. The molecule has 106 valence electrons. The van der Waals surface area contributed by atoms with Crippen molar-refractivity contribution in [1.82, 2.24) is 9.88 Å². The Morgan fingerprint density at radius 2 is 1.85 bits per heavy atom. The molecule has 3 heteroatoms. The van der Waals surface area contributed by atoms with Crippen LogP contribution in [-0.2, 0) is 17.9 Å². The highest BCUT2D eigenvalue weighted by Crippen LogP contribution is 2.19. The van der Waals surface area contributed by atoms with Crippen LogP contribution in [0.5, 0.6) is 0 Å². The summed E-state index contributed by atoms with van der Waals surface area (Å²) in [6, 6.07) is 13.0. The number of hydrogen-bond donors (Lipinski definition) is 0. The summed E-state index contributed by atoms with van der Waals surface area (Å²) in [5.41, 5.74) is 3.76. The number of pyridine rings is 1. The van der Waals surface area contributed by atoms with Crippen LogP contribution >= 0.6 is 0 Å². The second-order valence-corrected chi connectivity index (χ2v) is 5.13. The third-order valence-corrected chi connectivity index (χ3v) is 3.59. The van der Waals surface area contributed by atoms with Gasteiger partial charge in [0.05, 0.1) is 6.61 Å². The topological polar surface area (TPSA) is 25.4 Å². The zero-order chi connectivity index (χ0) is 14.4. The largest absolute Gasteiger partial charge is 0.380 e. The molecule has 2 aromatic rings. The first-order valence-electron chi connectivity index (χ1n) is 6.87. The van der Waals surface area contributed by atoms with Crippen LogP contribution in [0, 0.1) is 0 Å². The van der Waals surface area contributed by atoms with Crippen LogP contribution in [-0.4, -0.2) is 24.0 Å². The van der Waals surface area contributed by atoms with Gasteiger partial charge >= 0.3 is 0 Å². The summed E-state index contributed by atoms with van der Waals surface area (Å²) in [5, 5.41) is 0. The van der Waals surface area contributed by atoms with Gasteiger partial charge < -0.3 is 4.74 Å². The Labute approximate surface area is 121 Å². The first-order valence-corrected chi connectivity index (χ1v) is 6.87. The lowest BCUT2D eigenvalue weighted by Crippen LogP contribution is -2.22. The van der Waals surface area contributed by atoms with Gasteiger partial charge in [0.15, 0.2) is 0 Å². The Kier molecular flexibility index (Phi) is 5.27. The van der Waals surface area contributed by atoms with E-state index in [2.05, 4.69) is 54.2 Å². The fourth-order valence-electron chi connectivity index (χ4n) is 2.21. The summed E-state index contributed by atoms with van der Waals surface area (Å²) < 4.78 is 5.13. The van der Waals surface area contributed by atoms with Gasteiger partial charge in [0.1, 0.15) is 0 Å². The average Bonchev–Trinajstić information content (AvgIpc) is 2.49. The number of ether oxygens (including phenoxy) is 1. The van der Waals surface area contributed by atoms with Crippen molar-refractivity contribution in [1.29, 1.82) is 0 Å². The molecule has 0 saturated heterocycles. The summed E-state index contributed by atoms with van der Waals surface area (Å²) in [7, 11) is 3.86. The first kappa shape index (κ1) is 14.7. The molecule has 0 aliphatic heterocycles. The molecule has 1 aromatic carbocycles. The number of benzene rings is 1. The second-order valence-electron chi connectivity index (χ2n) is 5.13. The van der Waals surface area contributed by atoms with E-state index in [1.54, 1.807) is 7.11 Å². The molecule has 1 aromatic heterocycles. The fraction of sp³-hybridized carbons (Fsp3) is 0.353. The van der Waals surface area contributed by atoms with Crippen molar-refractivity contribution in [2.75, 3.05) is 14.2 Å². The van der Waals surface area contributed by atoms with E-state index in [1.807, 2.05) is 18.5 Å². The molecule has 0 unspecified atom stereocenters. The summed E-state index contributed by atoms with van der Waals surface area (Å²) >= 11 is 0. The molecule has 20 heavy (non-hydrogen) atoms. The maximum atomic E-state index is 5.13. The molecule has 1 atom stereocenters. The van der Waals surface area contributed by atoms with E-state index in [0.717, 1.165) is 6.54 Å². The van der Waals surface area contributed by atoms with Crippen molar-refractivity contribution in [3.8, 4) is 0 Å². The Morgan fingerprint density at radius 1 is 1.15 bits per heavy atom. The van der Waals surface area contributed by atoms with E-state index in [0.29, 0.717) is 12.6 Å². The SMILES string of the molecule is COCc1ccc(CN(C)[C@@H](C)c2cccnc2)cc1. The number of methoxy groups -OCH3 is 1. The molecule has 1 heterocycles. The van der Waals surface area contributed by atoms with E-state index in [1.165, 1.54) is 16.7 Å². The van der Waals surface area contributed by atoms with Crippen molar-refractivity contribution in [3.05, 3.63) is 65.5 Å². The van der Waals surface area contributed by atoms with Crippen molar-refractivity contribution >= 4 is 0 Å². The highest BCUT2D eigenvalue weighted by atomic mass is 16.5. The summed E-state index contributed by atoms with van der Waals surface area (Å²) in [6.07, 6.45) is 3.74. The Balaban J connectivity index is 1.98. The molecule has 0 N–H and O–H groups in total. The van der Waals surface area contributed by atoms with Crippen LogP contribution < -0.4 is 0 Å². The fourth-order valence-corrected chi connectivity index (χ4v) is 2.21. The lowest BCUT2D eigenvalue weighted by molar-refractivity contribution is 0.185. The molecule has 0 radical (unpaired) electrons. The average molecular weight is 270 g/mol. The van der Waals surface area contributed by atoms with E-state index >= 15 is 0 Å². The van der Waals surface area contributed by atoms with Crippen LogP contribution in [0.3, 0.4) is 0 Å². The quantitative estimate of drug-likeness (QED) is 0.804. The number of hydrogen-bond acceptors (Lipinski definition) is 3. The van der Waals surface area contributed by atoms with Crippen molar-refractivity contribution in [2.45, 2.75) is 26.1 Å². The molecule has 0 aliphatic rings. The summed E-state index contributed by atoms with van der Waals surface area (Å²) in [6.45, 7) is 3.79. The third kappa shape index (κ3) is 3.89. The molecule has 2 rings (SSSR count). The van der Waals surface area contributed by atoms with Gasteiger partial charge in [-0.15, -0.1) is 0 Å². The van der Waals surface area contributed by atoms with E-state index < -0.39 is 0 Å². The normalized spacial score (nSPS) is 12.6. The van der Waals surface area contributed by atoms with Gasteiger partial charge in [-0.1, -0.05) is 30.3 Å². The first-order chi connectivity index (χ1) is 9.70. The highest BCUT2D eigenvalue weighted by molar-refractivity contribution is 5.22. The number of aromatic nitrogens is 1. The molecular weight excluding hydrogens is 248 g/mol. The van der Waals surface area contributed by atoms with Gasteiger partial charge in [0.2, 0.25) is 0 Å². The molecule has 0 amide bonds. The van der Waals surface area contributed by atoms with Crippen molar-refractivity contribution in [2.24, 2.45) is 0 Å². The zero-order valence-corrected chi connectivity index (χ0v) is 12.4. The molecule has 0 bridgehead atoms. The second kappa shape index (κ2) is 7.17. The lowest BCUT2D eigenvalue weighted by Gasteiger charge is -2.25. The van der Waals surface area contributed by atoms with Crippen LogP contribution in [0.4, 0.5) is 0 Å². The van der Waals surface area contributed by atoms with Crippen LogP contribution in [0.1, 0.15) is 29.7 Å². The molecule has 0 saturated carbocycles. The monoisotopic (exact) mass is 270 g/mol. The Morgan fingerprint density at radius 3 is 2.45 bits per heavy atom. The smallest absolute Gasteiger partial charge is 0.0713 e. The van der Waals surface area contributed by atoms with Crippen LogP contribution in [0.2, 0.25) is 0 Å². The molecule has 0 fully saturated rings. The minimum atomic E-state index is 0.349. The Bertz CT molecular complexity index is 510. The van der Waals surface area contributed by atoms with Gasteiger partial charge in [-0.25, -0.2) is 0 Å². The van der Waals surface area contributed by atoms with Crippen molar-refractivity contribution < 1.29 is 4.74 Å². The number of nitrogens with zero attached hydrogens (tertiary/aromatic N) is 2. The van der Waals surface area contributed by atoms with Gasteiger partial charge in [-0.05, 0) is 36.7 Å². The summed E-state index contributed by atoms with van der Waals surface area (Å²) in [5.74, 6) is 0. The van der Waals surface area contributed by atoms with Crippen LogP contribution in [0.15, 0.2) is 48.8 Å². The third-order valence-electron chi connectivity index (χ3n) is 3.59. The lowest BCUT2D eigenvalue weighted by atomic mass is 10.1. The predicted molar refractivity (Wildman–Crippen MR) is 81.3 cm³/mol. The summed E-state index contributed by atoms with van der Waals surface area (Å²) in [4.78, 5) is 6.51. The maximum absolute atomic E-state index is 5.13. The standard InChI is InChI=1S/C17H22N2O/c1-14(17-5-4-10-18-11-17)19(2)12-15-6-8-16(9-7-15)13-20-3/h4-11,14H,12-13H2,1-3H3/t14-/m0/s1. The molecule has 0 aliphatic carbocycles. The van der Waals surface area contributed by atoms with E-state index in [4.69, 9.17) is 4.74 Å². The van der Waals surface area contributed by atoms with E-state index in [-0.39, 0.29) is 0 Å². The van der Waals surface area contributed by atoms with Gasteiger partial charge in [0, 0.05) is 32.1 Å².